The molecule has 0 unspecified atom stereocenters. The molecule has 0 aliphatic rings. The minimum atomic E-state index is 0.0753. The van der Waals surface area contributed by atoms with E-state index in [0.717, 1.165) is 76.7 Å². The van der Waals surface area contributed by atoms with E-state index in [2.05, 4.69) is 132 Å². The number of nitrogens with zero attached hydrogens (tertiary/aromatic N) is 1. The number of hydrogen-bond acceptors (Lipinski definition) is 3. The molecule has 0 radical (unpaired) electrons. The van der Waals surface area contributed by atoms with Crippen molar-refractivity contribution in [2.24, 2.45) is 0 Å². The molecule has 2 aromatic heterocycles. The van der Waals surface area contributed by atoms with Crippen LogP contribution in [0.1, 0.15) is 4.11 Å². The van der Waals surface area contributed by atoms with Gasteiger partial charge < -0.3 is 9.32 Å². The molecule has 11 aromatic rings. The van der Waals surface area contributed by atoms with Crippen molar-refractivity contribution in [3.05, 3.63) is 200 Å². The van der Waals surface area contributed by atoms with Crippen LogP contribution in [0.4, 0.5) is 17.1 Å². The first kappa shape index (κ1) is 28.5. The highest BCUT2D eigenvalue weighted by molar-refractivity contribution is 7.25. The number of hydrogen-bond donors (Lipinski definition) is 0. The summed E-state index contributed by atoms with van der Waals surface area (Å²) in [5, 5.41) is 6.29. The van der Waals surface area contributed by atoms with Crippen LogP contribution in [-0.2, 0) is 0 Å². The van der Waals surface area contributed by atoms with Crippen LogP contribution < -0.4 is 4.90 Å². The van der Waals surface area contributed by atoms with Crippen LogP contribution in [0.25, 0.3) is 86.3 Å². The summed E-state index contributed by atoms with van der Waals surface area (Å²) in [7, 11) is 0. The van der Waals surface area contributed by atoms with E-state index in [0.29, 0.717) is 10.3 Å². The van der Waals surface area contributed by atoms with Gasteiger partial charge in [0.15, 0.2) is 0 Å². The number of furan rings is 1. The second kappa shape index (κ2) is 12.9. The average Bonchev–Trinajstić information content (AvgIpc) is 3.86. The van der Waals surface area contributed by atoms with Crippen LogP contribution >= 0.6 is 11.3 Å². The largest absolute Gasteiger partial charge is 0.456 e. The van der Waals surface area contributed by atoms with Crippen molar-refractivity contribution in [2.75, 3.05) is 4.90 Å². The second-order valence-corrected chi connectivity index (χ2v) is 14.9. The SMILES string of the molecule is [2H]c1c(-c2ccc(N(c3ccc(-c4cccc5ccccc45)cc3)c3cccc(-c4cccc5oc6ccccc6c45)c3)cc2)c([2H])c2c(sc3ccccc32)c1[2H]. The fourth-order valence-corrected chi connectivity index (χ4v) is 9.01. The molecule has 2 heterocycles. The van der Waals surface area contributed by atoms with Crippen molar-refractivity contribution < 1.29 is 8.53 Å². The van der Waals surface area contributed by atoms with E-state index in [1.807, 2.05) is 54.6 Å². The summed E-state index contributed by atoms with van der Waals surface area (Å²) in [4.78, 5) is 2.25. The maximum Gasteiger partial charge on any atom is 0.136 e. The van der Waals surface area contributed by atoms with Crippen LogP contribution in [0.5, 0.6) is 0 Å². The topological polar surface area (TPSA) is 16.4 Å². The maximum atomic E-state index is 9.35. The number of para-hydroxylation sites is 1. The van der Waals surface area contributed by atoms with Gasteiger partial charge in [0.05, 0.1) is 4.11 Å². The van der Waals surface area contributed by atoms with Crippen LogP contribution in [-0.4, -0.2) is 0 Å². The lowest BCUT2D eigenvalue weighted by Gasteiger charge is -2.26. The Labute approximate surface area is 327 Å². The fraction of sp³-hybridized carbons (Fsp3) is 0. The summed E-state index contributed by atoms with van der Waals surface area (Å²) < 4.78 is 35.4. The molecule has 0 saturated heterocycles. The Bertz CT molecular complexity index is 3380. The molecule has 9 aromatic carbocycles. The van der Waals surface area contributed by atoms with E-state index in [9.17, 15) is 1.37 Å². The highest BCUT2D eigenvalue weighted by Crippen LogP contribution is 2.42. The Morgan fingerprint density at radius 3 is 1.93 bits per heavy atom. The third-order valence-electron chi connectivity index (χ3n) is 10.6. The van der Waals surface area contributed by atoms with Crippen molar-refractivity contribution in [1.29, 1.82) is 0 Å². The van der Waals surface area contributed by atoms with E-state index < -0.39 is 0 Å². The zero-order chi connectivity index (χ0) is 38.9. The first-order valence-corrected chi connectivity index (χ1v) is 19.2. The molecule has 0 spiro atoms. The molecule has 3 heteroatoms. The summed E-state index contributed by atoms with van der Waals surface area (Å²) in [6.07, 6.45) is 0. The highest BCUT2D eigenvalue weighted by atomic mass is 32.1. The molecular weight excluding hydrogens is 687 g/mol. The molecule has 55 heavy (non-hydrogen) atoms. The summed E-state index contributed by atoms with van der Waals surface area (Å²) in [6.45, 7) is 0. The van der Waals surface area contributed by atoms with Gasteiger partial charge in [-0.3, -0.25) is 0 Å². The normalized spacial score (nSPS) is 12.4. The Kier molecular flexibility index (Phi) is 6.68. The molecule has 0 atom stereocenters. The third-order valence-corrected chi connectivity index (χ3v) is 11.7. The molecule has 0 saturated carbocycles. The first-order valence-electron chi connectivity index (χ1n) is 19.9. The van der Waals surface area contributed by atoms with Crippen molar-refractivity contribution in [3.63, 3.8) is 0 Å². The Hall–Kier alpha value is -6.94. The van der Waals surface area contributed by atoms with Gasteiger partial charge in [-0.1, -0.05) is 133 Å². The van der Waals surface area contributed by atoms with E-state index >= 15 is 0 Å². The molecule has 0 fully saturated rings. The number of rotatable bonds is 6. The van der Waals surface area contributed by atoms with Gasteiger partial charge in [-0.25, -0.2) is 0 Å². The molecule has 0 aliphatic heterocycles. The van der Waals surface area contributed by atoms with Gasteiger partial charge in [-0.15, -0.1) is 11.3 Å². The first-order chi connectivity index (χ1) is 28.5. The van der Waals surface area contributed by atoms with Gasteiger partial charge in [0.25, 0.3) is 0 Å². The summed E-state index contributed by atoms with van der Waals surface area (Å²) in [5.74, 6) is 0. The molecule has 2 nitrogen and oxygen atoms in total. The van der Waals surface area contributed by atoms with E-state index in [4.69, 9.17) is 7.16 Å². The minimum absolute atomic E-state index is 0.0753. The lowest BCUT2D eigenvalue weighted by molar-refractivity contribution is 0.669. The van der Waals surface area contributed by atoms with Crippen LogP contribution in [0.3, 0.4) is 0 Å². The van der Waals surface area contributed by atoms with Gasteiger partial charge in [-0.05, 0) is 111 Å². The standard InChI is InChI=1S/C52H33NOS/c1-2-14-42-35(10-1)11-8-17-43(42)36-24-29-40(30-25-36)53(39-27-22-34(23-28-39)37-26-31-51-47(33-37)45-15-4-6-21-50(45)55-51)41-13-7-12-38(32-41)44-18-9-20-49-52(44)46-16-3-5-19-48(46)54-49/h1-33H/i26D,31D,33D. The number of benzene rings is 9. The van der Waals surface area contributed by atoms with Crippen LogP contribution in [0.2, 0.25) is 0 Å². The molecular formula is C52H33NOS. The van der Waals surface area contributed by atoms with Crippen molar-refractivity contribution >= 4 is 81.3 Å². The van der Waals surface area contributed by atoms with Crippen LogP contribution in [0.15, 0.2) is 205 Å². The number of fused-ring (bicyclic) bond motifs is 7. The fourth-order valence-electron chi connectivity index (χ4n) is 8.00. The molecule has 0 aliphatic carbocycles. The quantitative estimate of drug-likeness (QED) is 0.170. The highest BCUT2D eigenvalue weighted by Gasteiger charge is 2.17. The van der Waals surface area contributed by atoms with Gasteiger partial charge in [0, 0.05) is 48.0 Å². The van der Waals surface area contributed by atoms with Crippen molar-refractivity contribution in [1.82, 2.24) is 0 Å². The Morgan fingerprint density at radius 2 is 1.07 bits per heavy atom. The van der Waals surface area contributed by atoms with Gasteiger partial charge in [-0.2, -0.15) is 0 Å². The lowest BCUT2D eigenvalue weighted by Crippen LogP contribution is -2.10. The van der Waals surface area contributed by atoms with Crippen molar-refractivity contribution in [2.45, 2.75) is 0 Å². The average molecular weight is 723 g/mol. The van der Waals surface area contributed by atoms with Gasteiger partial charge >= 0.3 is 0 Å². The Morgan fingerprint density at radius 1 is 0.418 bits per heavy atom. The minimum Gasteiger partial charge on any atom is -0.456 e. The molecule has 11 rings (SSSR count). The maximum absolute atomic E-state index is 9.35. The predicted octanol–water partition coefficient (Wildman–Crippen LogP) is 15.6. The van der Waals surface area contributed by atoms with E-state index in [1.54, 1.807) is 0 Å². The second-order valence-electron chi connectivity index (χ2n) is 13.8. The molecule has 0 amide bonds. The predicted molar refractivity (Wildman–Crippen MR) is 235 cm³/mol. The van der Waals surface area contributed by atoms with E-state index in [1.165, 1.54) is 27.7 Å². The van der Waals surface area contributed by atoms with Crippen molar-refractivity contribution in [3.8, 4) is 33.4 Å². The smallest absolute Gasteiger partial charge is 0.136 e. The zero-order valence-electron chi connectivity index (χ0n) is 32.6. The third kappa shape index (κ3) is 5.40. The number of thiophene rings is 1. The van der Waals surface area contributed by atoms with Gasteiger partial charge in [0.1, 0.15) is 11.2 Å². The van der Waals surface area contributed by atoms with E-state index in [-0.39, 0.29) is 18.1 Å². The van der Waals surface area contributed by atoms with Gasteiger partial charge in [0.2, 0.25) is 0 Å². The number of anilines is 3. The summed E-state index contributed by atoms with van der Waals surface area (Å²) in [6, 6.07) is 63.3. The molecule has 0 N–H and O–H groups in total. The monoisotopic (exact) mass is 722 g/mol. The van der Waals surface area contributed by atoms with Crippen LogP contribution in [0, 0.1) is 0 Å². The summed E-state index contributed by atoms with van der Waals surface area (Å²) in [5.41, 5.74) is 10.3. The summed E-state index contributed by atoms with van der Waals surface area (Å²) >= 11 is 1.48. The molecule has 258 valence electrons. The molecule has 0 bridgehead atoms. The zero-order valence-corrected chi connectivity index (χ0v) is 30.4. The Balaban J connectivity index is 1.06. The lowest BCUT2D eigenvalue weighted by atomic mass is 9.97.